The summed E-state index contributed by atoms with van der Waals surface area (Å²) in [6.07, 6.45) is 2.55. The first kappa shape index (κ1) is 11.2. The molecule has 0 radical (unpaired) electrons. The Hall–Kier alpha value is -0.340. The van der Waals surface area contributed by atoms with Crippen LogP contribution < -0.4 is 5.32 Å². The maximum absolute atomic E-state index is 3.63. The maximum Gasteiger partial charge on any atom is 0.0207 e. The summed E-state index contributed by atoms with van der Waals surface area (Å²) in [6, 6.07) is 4.61. The van der Waals surface area contributed by atoms with Crippen LogP contribution in [0.4, 0.5) is 0 Å². The maximum atomic E-state index is 3.63. The second kappa shape index (κ2) is 4.67. The summed E-state index contributed by atoms with van der Waals surface area (Å²) in [5, 5.41) is 3.42. The van der Waals surface area contributed by atoms with Crippen LogP contribution in [0.15, 0.2) is 16.6 Å². The molecule has 2 heteroatoms. The summed E-state index contributed by atoms with van der Waals surface area (Å²) in [5.41, 5.74) is 4.32. The summed E-state index contributed by atoms with van der Waals surface area (Å²) in [7, 11) is 0. The number of piperidine rings is 1. The SMILES string of the molecule is Cc1cc(C)c(C2CCNCC2)cc1Br. The van der Waals surface area contributed by atoms with Crippen molar-refractivity contribution in [3.8, 4) is 0 Å². The predicted molar refractivity (Wildman–Crippen MR) is 68.5 cm³/mol. The van der Waals surface area contributed by atoms with Gasteiger partial charge in [-0.25, -0.2) is 0 Å². The van der Waals surface area contributed by atoms with Gasteiger partial charge in [0, 0.05) is 4.47 Å². The molecular formula is C13H18BrN. The third-order valence-electron chi connectivity index (χ3n) is 3.33. The first-order chi connectivity index (χ1) is 7.18. The Balaban J connectivity index is 2.30. The fourth-order valence-corrected chi connectivity index (χ4v) is 2.78. The van der Waals surface area contributed by atoms with Gasteiger partial charge in [0.25, 0.3) is 0 Å². The molecule has 0 saturated carbocycles. The molecular weight excluding hydrogens is 250 g/mol. The van der Waals surface area contributed by atoms with Crippen molar-refractivity contribution >= 4 is 15.9 Å². The van der Waals surface area contributed by atoms with Gasteiger partial charge in [0.05, 0.1) is 0 Å². The van der Waals surface area contributed by atoms with E-state index >= 15 is 0 Å². The molecule has 0 aliphatic carbocycles. The molecule has 15 heavy (non-hydrogen) atoms. The minimum Gasteiger partial charge on any atom is -0.317 e. The molecule has 0 spiro atoms. The summed E-state index contributed by atoms with van der Waals surface area (Å²) in [5.74, 6) is 0.753. The van der Waals surface area contributed by atoms with Gasteiger partial charge in [0.1, 0.15) is 0 Å². The van der Waals surface area contributed by atoms with Crippen molar-refractivity contribution in [2.24, 2.45) is 0 Å². The molecule has 1 heterocycles. The number of aryl methyl sites for hydroxylation is 2. The second-order valence-corrected chi connectivity index (χ2v) is 5.34. The average Bonchev–Trinajstić information content (AvgIpc) is 2.25. The van der Waals surface area contributed by atoms with Crippen LogP contribution >= 0.6 is 15.9 Å². The van der Waals surface area contributed by atoms with Crippen LogP contribution in [0.25, 0.3) is 0 Å². The Kier molecular flexibility index (Phi) is 3.47. The fraction of sp³-hybridized carbons (Fsp3) is 0.538. The molecule has 1 N–H and O–H groups in total. The van der Waals surface area contributed by atoms with E-state index in [-0.39, 0.29) is 0 Å². The lowest BCUT2D eigenvalue weighted by Crippen LogP contribution is -2.27. The summed E-state index contributed by atoms with van der Waals surface area (Å²) >= 11 is 3.63. The third-order valence-corrected chi connectivity index (χ3v) is 4.18. The average molecular weight is 268 g/mol. The minimum absolute atomic E-state index is 0.753. The van der Waals surface area contributed by atoms with E-state index in [2.05, 4.69) is 47.2 Å². The van der Waals surface area contributed by atoms with Crippen LogP contribution in [-0.4, -0.2) is 13.1 Å². The van der Waals surface area contributed by atoms with Crippen molar-refractivity contribution < 1.29 is 0 Å². The topological polar surface area (TPSA) is 12.0 Å². The largest absolute Gasteiger partial charge is 0.317 e. The number of nitrogens with one attached hydrogen (secondary N) is 1. The molecule has 1 saturated heterocycles. The molecule has 82 valence electrons. The van der Waals surface area contributed by atoms with E-state index in [1.807, 2.05) is 0 Å². The molecule has 1 aromatic carbocycles. The zero-order valence-electron chi connectivity index (χ0n) is 9.44. The number of hydrogen-bond donors (Lipinski definition) is 1. The minimum atomic E-state index is 0.753. The van der Waals surface area contributed by atoms with Crippen molar-refractivity contribution in [2.75, 3.05) is 13.1 Å². The van der Waals surface area contributed by atoms with Crippen LogP contribution in [0.5, 0.6) is 0 Å². The van der Waals surface area contributed by atoms with E-state index in [1.54, 1.807) is 0 Å². The highest BCUT2D eigenvalue weighted by Gasteiger charge is 2.17. The summed E-state index contributed by atoms with van der Waals surface area (Å²) in [4.78, 5) is 0. The lowest BCUT2D eigenvalue weighted by Gasteiger charge is -2.25. The molecule has 1 fully saturated rings. The normalized spacial score (nSPS) is 18.1. The third kappa shape index (κ3) is 2.43. The van der Waals surface area contributed by atoms with Crippen LogP contribution in [0.2, 0.25) is 0 Å². The lowest BCUT2D eigenvalue weighted by molar-refractivity contribution is 0.459. The van der Waals surface area contributed by atoms with Crippen molar-refractivity contribution in [1.29, 1.82) is 0 Å². The van der Waals surface area contributed by atoms with Crippen molar-refractivity contribution in [1.82, 2.24) is 5.32 Å². The van der Waals surface area contributed by atoms with Crippen molar-refractivity contribution in [3.05, 3.63) is 33.3 Å². The second-order valence-electron chi connectivity index (χ2n) is 4.48. The molecule has 0 atom stereocenters. The highest BCUT2D eigenvalue weighted by atomic mass is 79.9. The first-order valence-corrected chi connectivity index (χ1v) is 6.45. The van der Waals surface area contributed by atoms with Gasteiger partial charge < -0.3 is 5.32 Å². The highest BCUT2D eigenvalue weighted by Crippen LogP contribution is 2.31. The standard InChI is InChI=1S/C13H18BrN/c1-9-7-10(2)13(14)8-12(9)11-3-5-15-6-4-11/h7-8,11,15H,3-6H2,1-2H3. The van der Waals surface area contributed by atoms with Crippen LogP contribution in [0.3, 0.4) is 0 Å². The Bertz CT molecular complexity index is 354. The number of rotatable bonds is 1. The van der Waals surface area contributed by atoms with Gasteiger partial charge >= 0.3 is 0 Å². The number of halogens is 1. The molecule has 0 aromatic heterocycles. The molecule has 0 amide bonds. The zero-order chi connectivity index (χ0) is 10.8. The van der Waals surface area contributed by atoms with Gasteiger partial charge in [-0.05, 0) is 68.5 Å². The lowest BCUT2D eigenvalue weighted by atomic mass is 9.87. The van der Waals surface area contributed by atoms with E-state index in [1.165, 1.54) is 34.0 Å². The van der Waals surface area contributed by atoms with Crippen molar-refractivity contribution in [3.63, 3.8) is 0 Å². The zero-order valence-corrected chi connectivity index (χ0v) is 11.0. The number of benzene rings is 1. The monoisotopic (exact) mass is 267 g/mol. The van der Waals surface area contributed by atoms with Gasteiger partial charge in [-0.3, -0.25) is 0 Å². The smallest absolute Gasteiger partial charge is 0.0207 e. The molecule has 1 nitrogen and oxygen atoms in total. The molecule has 1 aromatic rings. The quantitative estimate of drug-likeness (QED) is 0.821. The molecule has 1 aliphatic rings. The summed E-state index contributed by atoms with van der Waals surface area (Å²) in [6.45, 7) is 6.71. The van der Waals surface area contributed by atoms with Crippen LogP contribution in [-0.2, 0) is 0 Å². The van der Waals surface area contributed by atoms with Crippen LogP contribution in [0, 0.1) is 13.8 Å². The highest BCUT2D eigenvalue weighted by molar-refractivity contribution is 9.10. The van der Waals surface area contributed by atoms with E-state index in [4.69, 9.17) is 0 Å². The molecule has 1 aliphatic heterocycles. The van der Waals surface area contributed by atoms with Gasteiger partial charge in [0.2, 0.25) is 0 Å². The molecule has 0 bridgehead atoms. The molecule has 2 rings (SSSR count). The van der Waals surface area contributed by atoms with Gasteiger partial charge in [0.15, 0.2) is 0 Å². The molecule has 0 unspecified atom stereocenters. The summed E-state index contributed by atoms with van der Waals surface area (Å²) < 4.78 is 1.25. The Morgan fingerprint density at radius 1 is 1.13 bits per heavy atom. The fourth-order valence-electron chi connectivity index (χ4n) is 2.41. The van der Waals surface area contributed by atoms with Crippen LogP contribution in [0.1, 0.15) is 35.4 Å². The Morgan fingerprint density at radius 3 is 2.47 bits per heavy atom. The van der Waals surface area contributed by atoms with Crippen molar-refractivity contribution in [2.45, 2.75) is 32.6 Å². The first-order valence-electron chi connectivity index (χ1n) is 5.66. The van der Waals surface area contributed by atoms with E-state index in [0.29, 0.717) is 0 Å². The van der Waals surface area contributed by atoms with E-state index in [9.17, 15) is 0 Å². The predicted octanol–water partition coefficient (Wildman–Crippen LogP) is 3.53. The Morgan fingerprint density at radius 2 is 1.80 bits per heavy atom. The Labute approximate surface area is 100 Å². The van der Waals surface area contributed by atoms with Gasteiger partial charge in [-0.15, -0.1) is 0 Å². The van der Waals surface area contributed by atoms with E-state index in [0.717, 1.165) is 19.0 Å². The van der Waals surface area contributed by atoms with E-state index < -0.39 is 0 Å². The van der Waals surface area contributed by atoms with Gasteiger partial charge in [-0.1, -0.05) is 22.0 Å². The number of hydrogen-bond acceptors (Lipinski definition) is 1. The van der Waals surface area contributed by atoms with Gasteiger partial charge in [-0.2, -0.15) is 0 Å².